The SMILES string of the molecule is Cc1ccc([N+](=O)[O-])cc1NC(=O)C1CC(=O)NC(Nc2ccccc2)=N1. The van der Waals surface area contributed by atoms with Gasteiger partial charge in [0.25, 0.3) is 5.69 Å². The Labute approximate surface area is 154 Å². The maximum atomic E-state index is 12.5. The molecule has 3 N–H and O–H groups in total. The summed E-state index contributed by atoms with van der Waals surface area (Å²) in [4.78, 5) is 39.1. The lowest BCUT2D eigenvalue weighted by Crippen LogP contribution is -2.45. The van der Waals surface area contributed by atoms with Crippen molar-refractivity contribution in [2.24, 2.45) is 4.99 Å². The van der Waals surface area contributed by atoms with Crippen LogP contribution >= 0.6 is 0 Å². The third-order valence-electron chi connectivity index (χ3n) is 3.95. The van der Waals surface area contributed by atoms with Crippen LogP contribution in [0.4, 0.5) is 17.1 Å². The number of non-ortho nitro benzene ring substituents is 1. The van der Waals surface area contributed by atoms with Crippen LogP contribution in [-0.2, 0) is 9.59 Å². The summed E-state index contributed by atoms with van der Waals surface area (Å²) in [6.45, 7) is 1.72. The Balaban J connectivity index is 1.77. The number of nitrogens with one attached hydrogen (secondary N) is 3. The van der Waals surface area contributed by atoms with E-state index in [2.05, 4.69) is 20.9 Å². The summed E-state index contributed by atoms with van der Waals surface area (Å²) in [5.74, 6) is -0.687. The first-order chi connectivity index (χ1) is 12.9. The number of hydrogen-bond donors (Lipinski definition) is 3. The molecule has 0 fully saturated rings. The fraction of sp³-hybridized carbons (Fsp3) is 0.167. The van der Waals surface area contributed by atoms with E-state index in [0.717, 1.165) is 0 Å². The molecule has 2 aromatic rings. The van der Waals surface area contributed by atoms with E-state index in [1.54, 1.807) is 25.1 Å². The number of carbonyl (C=O) groups is 2. The highest BCUT2D eigenvalue weighted by atomic mass is 16.6. The van der Waals surface area contributed by atoms with Gasteiger partial charge in [0.1, 0.15) is 6.04 Å². The Hall–Kier alpha value is -3.75. The average molecular weight is 367 g/mol. The summed E-state index contributed by atoms with van der Waals surface area (Å²) in [6.07, 6.45) is -0.111. The number of nitrogens with zero attached hydrogens (tertiary/aromatic N) is 2. The van der Waals surface area contributed by atoms with E-state index in [9.17, 15) is 19.7 Å². The van der Waals surface area contributed by atoms with Crippen LogP contribution in [0.5, 0.6) is 0 Å². The molecule has 0 saturated carbocycles. The highest BCUT2D eigenvalue weighted by molar-refractivity contribution is 6.10. The maximum Gasteiger partial charge on any atom is 0.271 e. The predicted molar refractivity (Wildman–Crippen MR) is 101 cm³/mol. The molecule has 1 atom stereocenters. The lowest BCUT2D eigenvalue weighted by atomic mass is 10.1. The normalized spacial score (nSPS) is 16.1. The van der Waals surface area contributed by atoms with Gasteiger partial charge in [-0.3, -0.25) is 25.0 Å². The Morgan fingerprint density at radius 1 is 1.26 bits per heavy atom. The number of aryl methyl sites for hydroxylation is 1. The van der Waals surface area contributed by atoms with Gasteiger partial charge in [-0.05, 0) is 24.6 Å². The Morgan fingerprint density at radius 3 is 2.70 bits per heavy atom. The van der Waals surface area contributed by atoms with Crippen LogP contribution in [-0.4, -0.2) is 28.7 Å². The Kier molecular flexibility index (Phi) is 5.11. The molecular weight excluding hydrogens is 350 g/mol. The van der Waals surface area contributed by atoms with Gasteiger partial charge in [-0.1, -0.05) is 24.3 Å². The number of guanidine groups is 1. The first kappa shape index (κ1) is 18.1. The number of hydrogen-bond acceptors (Lipinski definition) is 6. The smallest absolute Gasteiger partial charge is 0.271 e. The molecule has 0 aromatic heterocycles. The molecular formula is C18H17N5O4. The van der Waals surface area contributed by atoms with Gasteiger partial charge >= 0.3 is 0 Å². The van der Waals surface area contributed by atoms with Gasteiger partial charge in [-0.15, -0.1) is 0 Å². The largest absolute Gasteiger partial charge is 0.326 e. The number of nitro groups is 1. The van der Waals surface area contributed by atoms with Crippen molar-refractivity contribution < 1.29 is 14.5 Å². The first-order valence-electron chi connectivity index (χ1n) is 8.18. The molecule has 0 radical (unpaired) electrons. The molecule has 9 heteroatoms. The summed E-state index contributed by atoms with van der Waals surface area (Å²) < 4.78 is 0. The van der Waals surface area contributed by atoms with Gasteiger partial charge in [-0.2, -0.15) is 0 Å². The van der Waals surface area contributed by atoms with Crippen molar-refractivity contribution >= 4 is 34.8 Å². The van der Waals surface area contributed by atoms with E-state index in [1.807, 2.05) is 18.2 Å². The van der Waals surface area contributed by atoms with Crippen molar-refractivity contribution in [3.8, 4) is 0 Å². The van der Waals surface area contributed by atoms with E-state index in [-0.39, 0.29) is 24.0 Å². The quantitative estimate of drug-likeness (QED) is 0.564. The molecule has 3 rings (SSSR count). The van der Waals surface area contributed by atoms with Crippen molar-refractivity contribution in [3.63, 3.8) is 0 Å². The van der Waals surface area contributed by atoms with Crippen molar-refractivity contribution in [1.29, 1.82) is 0 Å². The molecule has 0 bridgehead atoms. The van der Waals surface area contributed by atoms with Crippen LogP contribution in [0.2, 0.25) is 0 Å². The van der Waals surface area contributed by atoms with Gasteiger partial charge < -0.3 is 10.6 Å². The molecule has 1 unspecified atom stereocenters. The topological polar surface area (TPSA) is 126 Å². The van der Waals surface area contributed by atoms with E-state index in [4.69, 9.17) is 0 Å². The van der Waals surface area contributed by atoms with Crippen LogP contribution < -0.4 is 16.0 Å². The zero-order valence-corrected chi connectivity index (χ0v) is 14.4. The summed E-state index contributed by atoms with van der Waals surface area (Å²) in [5, 5.41) is 19.1. The van der Waals surface area contributed by atoms with Crippen LogP contribution in [0.1, 0.15) is 12.0 Å². The number of para-hydroxylation sites is 1. The minimum Gasteiger partial charge on any atom is -0.326 e. The highest BCUT2D eigenvalue weighted by Crippen LogP contribution is 2.22. The van der Waals surface area contributed by atoms with E-state index >= 15 is 0 Å². The number of carbonyl (C=O) groups excluding carboxylic acids is 2. The summed E-state index contributed by atoms with van der Waals surface area (Å²) >= 11 is 0. The fourth-order valence-electron chi connectivity index (χ4n) is 2.54. The second-order valence-electron chi connectivity index (χ2n) is 5.98. The zero-order chi connectivity index (χ0) is 19.4. The van der Waals surface area contributed by atoms with Gasteiger partial charge in [-0.25, -0.2) is 4.99 Å². The van der Waals surface area contributed by atoms with Crippen LogP contribution in [0.25, 0.3) is 0 Å². The number of rotatable bonds is 4. The molecule has 9 nitrogen and oxygen atoms in total. The molecule has 0 spiro atoms. The Bertz CT molecular complexity index is 927. The molecule has 138 valence electrons. The van der Waals surface area contributed by atoms with Crippen molar-refractivity contribution in [3.05, 3.63) is 64.2 Å². The number of benzene rings is 2. The summed E-state index contributed by atoms with van der Waals surface area (Å²) in [7, 11) is 0. The molecule has 0 saturated heterocycles. The molecule has 1 aliphatic rings. The van der Waals surface area contributed by atoms with Gasteiger partial charge in [0.2, 0.25) is 17.8 Å². The van der Waals surface area contributed by atoms with Gasteiger partial charge in [0.15, 0.2) is 0 Å². The molecule has 2 amide bonds. The standard InChI is InChI=1S/C18H17N5O4/c1-11-7-8-13(23(26)27)9-14(11)20-17(25)15-10-16(24)22-18(21-15)19-12-5-3-2-4-6-12/h2-9,15H,10H2,1H3,(H,20,25)(H2,19,21,22,24). The third-order valence-corrected chi connectivity index (χ3v) is 3.95. The van der Waals surface area contributed by atoms with Crippen LogP contribution in [0, 0.1) is 17.0 Å². The third kappa shape index (κ3) is 4.46. The summed E-state index contributed by atoms with van der Waals surface area (Å²) in [6, 6.07) is 12.3. The van der Waals surface area contributed by atoms with Crippen molar-refractivity contribution in [2.75, 3.05) is 10.6 Å². The molecule has 1 heterocycles. The fourth-order valence-corrected chi connectivity index (χ4v) is 2.54. The van der Waals surface area contributed by atoms with Gasteiger partial charge in [0.05, 0.1) is 17.0 Å². The van der Waals surface area contributed by atoms with Crippen molar-refractivity contribution in [1.82, 2.24) is 5.32 Å². The lowest BCUT2D eigenvalue weighted by molar-refractivity contribution is -0.384. The predicted octanol–water partition coefficient (Wildman–Crippen LogP) is 2.20. The number of aliphatic imine (C=N–C) groups is 1. The number of anilines is 2. The van der Waals surface area contributed by atoms with Gasteiger partial charge in [0, 0.05) is 17.8 Å². The molecule has 1 aliphatic heterocycles. The second kappa shape index (κ2) is 7.65. The molecule has 0 aliphatic carbocycles. The minimum absolute atomic E-state index is 0.111. The first-order valence-corrected chi connectivity index (χ1v) is 8.18. The second-order valence-corrected chi connectivity index (χ2v) is 5.98. The minimum atomic E-state index is -0.941. The van der Waals surface area contributed by atoms with E-state index < -0.39 is 16.9 Å². The average Bonchev–Trinajstić information content (AvgIpc) is 2.63. The van der Waals surface area contributed by atoms with E-state index in [0.29, 0.717) is 16.9 Å². The maximum absolute atomic E-state index is 12.5. The number of amides is 2. The van der Waals surface area contributed by atoms with Crippen molar-refractivity contribution in [2.45, 2.75) is 19.4 Å². The number of nitro benzene ring substituents is 1. The van der Waals surface area contributed by atoms with Crippen LogP contribution in [0.15, 0.2) is 53.5 Å². The van der Waals surface area contributed by atoms with Crippen LogP contribution in [0.3, 0.4) is 0 Å². The zero-order valence-electron chi connectivity index (χ0n) is 14.4. The molecule has 27 heavy (non-hydrogen) atoms. The highest BCUT2D eigenvalue weighted by Gasteiger charge is 2.27. The molecule has 2 aromatic carbocycles. The lowest BCUT2D eigenvalue weighted by Gasteiger charge is -2.21. The van der Waals surface area contributed by atoms with E-state index in [1.165, 1.54) is 12.1 Å². The monoisotopic (exact) mass is 367 g/mol. The summed E-state index contributed by atoms with van der Waals surface area (Å²) in [5.41, 5.74) is 1.56. The Morgan fingerprint density at radius 2 is 2.00 bits per heavy atom.